The van der Waals surface area contributed by atoms with Crippen LogP contribution in [0.3, 0.4) is 0 Å². The fourth-order valence-electron chi connectivity index (χ4n) is 3.63. The molecule has 2 aromatic rings. The van der Waals surface area contributed by atoms with Crippen molar-refractivity contribution in [1.82, 2.24) is 14.9 Å². The summed E-state index contributed by atoms with van der Waals surface area (Å²) >= 11 is 0. The molecule has 0 aliphatic carbocycles. The smallest absolute Gasteiger partial charge is 0.271 e. The van der Waals surface area contributed by atoms with Gasteiger partial charge in [0.1, 0.15) is 5.82 Å². The lowest BCUT2D eigenvalue weighted by Gasteiger charge is -2.31. The quantitative estimate of drug-likeness (QED) is 0.728. The predicted octanol–water partition coefficient (Wildman–Crippen LogP) is 2.24. The van der Waals surface area contributed by atoms with E-state index in [1.54, 1.807) is 4.90 Å². The molecule has 1 aromatic carbocycles. The molecule has 1 saturated heterocycles. The van der Waals surface area contributed by atoms with Gasteiger partial charge in [-0.2, -0.15) is 0 Å². The largest absolute Gasteiger partial charge is 0.364 e. The molecule has 8 nitrogen and oxygen atoms in total. The first kappa shape index (κ1) is 20.3. The molecule has 3 N–H and O–H groups in total. The summed E-state index contributed by atoms with van der Waals surface area (Å²) in [5.74, 6) is 0.160. The Hall–Kier alpha value is -3.42. The molecule has 1 fully saturated rings. The molecule has 2 heterocycles. The van der Waals surface area contributed by atoms with Crippen molar-refractivity contribution < 1.29 is 9.59 Å². The maximum absolute atomic E-state index is 12.0. The van der Waals surface area contributed by atoms with Crippen molar-refractivity contribution >= 4 is 29.1 Å². The van der Waals surface area contributed by atoms with Crippen molar-refractivity contribution in [2.24, 2.45) is 5.73 Å². The molecule has 0 radical (unpaired) electrons. The van der Waals surface area contributed by atoms with Crippen molar-refractivity contribution in [3.63, 3.8) is 0 Å². The Labute approximate surface area is 170 Å². The lowest BCUT2D eigenvalue weighted by Crippen LogP contribution is -2.43. The van der Waals surface area contributed by atoms with Gasteiger partial charge in [0.15, 0.2) is 11.5 Å². The van der Waals surface area contributed by atoms with Crippen LogP contribution in [-0.2, 0) is 4.79 Å². The summed E-state index contributed by atoms with van der Waals surface area (Å²) < 4.78 is 0. The monoisotopic (exact) mass is 394 g/mol. The van der Waals surface area contributed by atoms with E-state index >= 15 is 0 Å². The first-order valence-corrected chi connectivity index (χ1v) is 9.48. The van der Waals surface area contributed by atoms with E-state index in [0.29, 0.717) is 18.2 Å². The first-order chi connectivity index (χ1) is 13.8. The highest BCUT2D eigenvalue weighted by Gasteiger charge is 2.36. The van der Waals surface area contributed by atoms with Crippen molar-refractivity contribution in [3.05, 3.63) is 54.4 Å². The molecule has 1 aromatic heterocycles. The van der Waals surface area contributed by atoms with E-state index in [9.17, 15) is 9.59 Å². The van der Waals surface area contributed by atoms with Crippen LogP contribution in [0.25, 0.3) is 0 Å². The van der Waals surface area contributed by atoms with Crippen LogP contribution in [0, 0.1) is 6.92 Å². The molecule has 0 saturated carbocycles. The Morgan fingerprint density at radius 2 is 2.03 bits per heavy atom. The number of nitrogens with zero attached hydrogens (tertiary/aromatic N) is 4. The number of anilines is 3. The van der Waals surface area contributed by atoms with E-state index in [-0.39, 0.29) is 23.7 Å². The zero-order valence-corrected chi connectivity index (χ0v) is 16.9. The number of likely N-dealkylation sites (tertiary alicyclic amines) is 1. The van der Waals surface area contributed by atoms with Crippen LogP contribution in [0.4, 0.5) is 17.3 Å². The average molecular weight is 394 g/mol. The number of carbonyl (C=O) groups excluding carboxylic acids is 2. The Morgan fingerprint density at radius 3 is 2.66 bits per heavy atom. The van der Waals surface area contributed by atoms with Gasteiger partial charge < -0.3 is 20.9 Å². The molecule has 0 unspecified atom stereocenters. The Bertz CT molecular complexity index is 927. The normalized spacial score (nSPS) is 18.4. The van der Waals surface area contributed by atoms with Crippen LogP contribution < -0.4 is 16.0 Å². The van der Waals surface area contributed by atoms with Crippen LogP contribution in [0.1, 0.15) is 29.4 Å². The molecule has 3 rings (SSSR count). The SMILES string of the molecule is C=CC(=O)N1CC[C@@H](N(C)c2cnc(C(N)=O)c(Nc3ccc(C)cc3)n2)[C@H]1C. The fraction of sp³-hybridized carbons (Fsp3) is 0.333. The third kappa shape index (κ3) is 4.21. The number of rotatable bonds is 6. The van der Waals surface area contributed by atoms with Crippen LogP contribution in [-0.4, -0.2) is 52.4 Å². The van der Waals surface area contributed by atoms with Gasteiger partial charge in [0.05, 0.1) is 12.2 Å². The van der Waals surface area contributed by atoms with Crippen LogP contribution in [0.15, 0.2) is 43.1 Å². The van der Waals surface area contributed by atoms with Gasteiger partial charge >= 0.3 is 0 Å². The summed E-state index contributed by atoms with van der Waals surface area (Å²) in [5, 5.41) is 3.14. The van der Waals surface area contributed by atoms with Gasteiger partial charge in [-0.05, 0) is 38.5 Å². The number of aryl methyl sites for hydroxylation is 1. The molecule has 2 atom stereocenters. The molecule has 0 bridgehead atoms. The number of primary amides is 1. The summed E-state index contributed by atoms with van der Waals surface area (Å²) in [5.41, 5.74) is 7.46. The highest BCUT2D eigenvalue weighted by Crippen LogP contribution is 2.27. The molecule has 1 aliphatic heterocycles. The van der Waals surface area contributed by atoms with Gasteiger partial charge in [0, 0.05) is 25.3 Å². The van der Waals surface area contributed by atoms with Crippen LogP contribution in [0.2, 0.25) is 0 Å². The van der Waals surface area contributed by atoms with Gasteiger partial charge in [0.2, 0.25) is 5.91 Å². The second-order valence-corrected chi connectivity index (χ2v) is 7.22. The number of hydrogen-bond donors (Lipinski definition) is 2. The van der Waals surface area contributed by atoms with Gasteiger partial charge in [-0.15, -0.1) is 0 Å². The van der Waals surface area contributed by atoms with Gasteiger partial charge in [-0.3, -0.25) is 9.59 Å². The maximum atomic E-state index is 12.0. The van der Waals surface area contributed by atoms with Gasteiger partial charge in [0.25, 0.3) is 5.91 Å². The van der Waals surface area contributed by atoms with Crippen molar-refractivity contribution in [2.45, 2.75) is 32.4 Å². The van der Waals surface area contributed by atoms with E-state index in [0.717, 1.165) is 17.7 Å². The third-order valence-corrected chi connectivity index (χ3v) is 5.34. The zero-order chi connectivity index (χ0) is 21.1. The minimum absolute atomic E-state index is 0.00313. The van der Waals surface area contributed by atoms with Crippen molar-refractivity contribution in [1.29, 1.82) is 0 Å². The second-order valence-electron chi connectivity index (χ2n) is 7.22. The van der Waals surface area contributed by atoms with Crippen molar-refractivity contribution in [2.75, 3.05) is 23.8 Å². The number of carbonyl (C=O) groups is 2. The number of benzene rings is 1. The molecule has 0 spiro atoms. The molecule has 2 amide bonds. The lowest BCUT2D eigenvalue weighted by molar-refractivity contribution is -0.126. The Kier molecular flexibility index (Phi) is 5.81. The standard InChI is InChI=1S/C21H26N6O2/c1-5-18(28)27-11-10-16(14(27)3)26(4)17-12-23-19(20(22)29)21(25-17)24-15-8-6-13(2)7-9-15/h5-9,12,14,16H,1,10-11H2,2-4H3,(H2,22,29)(H,24,25)/t14-,16-/m1/s1. The summed E-state index contributed by atoms with van der Waals surface area (Å²) in [4.78, 5) is 36.5. The average Bonchev–Trinajstić information content (AvgIpc) is 3.09. The lowest BCUT2D eigenvalue weighted by atomic mass is 10.1. The molecule has 152 valence electrons. The highest BCUT2D eigenvalue weighted by molar-refractivity contribution is 5.96. The highest BCUT2D eigenvalue weighted by atomic mass is 16.2. The zero-order valence-electron chi connectivity index (χ0n) is 16.9. The maximum Gasteiger partial charge on any atom is 0.271 e. The molecular weight excluding hydrogens is 368 g/mol. The number of aromatic nitrogens is 2. The van der Waals surface area contributed by atoms with E-state index in [2.05, 4.69) is 21.9 Å². The first-order valence-electron chi connectivity index (χ1n) is 9.48. The van der Waals surface area contributed by atoms with E-state index < -0.39 is 5.91 Å². The summed E-state index contributed by atoms with van der Waals surface area (Å²) in [6.07, 6.45) is 3.67. The van der Waals surface area contributed by atoms with Crippen LogP contribution in [0.5, 0.6) is 0 Å². The molecular formula is C21H26N6O2. The molecule has 29 heavy (non-hydrogen) atoms. The van der Waals surface area contributed by atoms with Gasteiger partial charge in [-0.25, -0.2) is 9.97 Å². The number of amides is 2. The van der Waals surface area contributed by atoms with Crippen molar-refractivity contribution in [3.8, 4) is 0 Å². The van der Waals surface area contributed by atoms with Crippen LogP contribution >= 0.6 is 0 Å². The molecule has 8 heteroatoms. The van der Waals surface area contributed by atoms with E-state index in [1.165, 1.54) is 12.3 Å². The predicted molar refractivity (Wildman–Crippen MR) is 113 cm³/mol. The fourth-order valence-corrected chi connectivity index (χ4v) is 3.63. The minimum atomic E-state index is -0.654. The van der Waals surface area contributed by atoms with E-state index in [4.69, 9.17) is 5.73 Å². The number of nitrogens with one attached hydrogen (secondary N) is 1. The van der Waals surface area contributed by atoms with Gasteiger partial charge in [-0.1, -0.05) is 24.3 Å². The van der Waals surface area contributed by atoms with E-state index in [1.807, 2.05) is 50.1 Å². The molecule has 1 aliphatic rings. The summed E-state index contributed by atoms with van der Waals surface area (Å²) in [6, 6.07) is 7.78. The second kappa shape index (κ2) is 8.30. The third-order valence-electron chi connectivity index (χ3n) is 5.34. The minimum Gasteiger partial charge on any atom is -0.364 e. The number of nitrogens with two attached hydrogens (primary N) is 1. The Balaban J connectivity index is 1.88. The summed E-state index contributed by atoms with van der Waals surface area (Å²) in [6.45, 7) is 8.23. The number of likely N-dealkylation sites (N-methyl/N-ethyl adjacent to an activating group) is 1. The number of hydrogen-bond acceptors (Lipinski definition) is 6. The Morgan fingerprint density at radius 1 is 1.34 bits per heavy atom. The summed E-state index contributed by atoms with van der Waals surface area (Å²) in [7, 11) is 1.91. The topological polar surface area (TPSA) is 104 Å².